The summed E-state index contributed by atoms with van der Waals surface area (Å²) in [5.41, 5.74) is 1.75. The van der Waals surface area contributed by atoms with Crippen molar-refractivity contribution >= 4 is 17.6 Å². The molecule has 20 heavy (non-hydrogen) atoms. The molecule has 0 aromatic heterocycles. The largest absolute Gasteiger partial charge is 0.468 e. The standard InChI is InChI=1S/C15H16ClNO3/c1-19-13(18)15(16)12-11-5-3-2-4-10(11)6-9-17(12)20-14(15)7-8-14/h2-5,12H,6-9H2,1H3/t12-,15+/m1/s1. The first kappa shape index (κ1) is 12.6. The summed E-state index contributed by atoms with van der Waals surface area (Å²) in [6.07, 6.45) is 2.53. The molecule has 4 rings (SSSR count). The second-order valence-corrected chi connectivity index (χ2v) is 6.38. The number of fused-ring (bicyclic) bond motifs is 3. The molecular weight excluding hydrogens is 278 g/mol. The number of nitrogens with zero attached hydrogens (tertiary/aromatic N) is 1. The van der Waals surface area contributed by atoms with Crippen LogP contribution in [0.3, 0.4) is 0 Å². The lowest BCUT2D eigenvalue weighted by molar-refractivity contribution is -0.176. The van der Waals surface area contributed by atoms with E-state index in [1.165, 1.54) is 12.7 Å². The second-order valence-electron chi connectivity index (χ2n) is 5.78. The second kappa shape index (κ2) is 3.97. The average Bonchev–Trinajstić information content (AvgIpc) is 3.21. The van der Waals surface area contributed by atoms with E-state index < -0.39 is 10.5 Å². The van der Waals surface area contributed by atoms with E-state index in [2.05, 4.69) is 6.07 Å². The Labute approximate surface area is 122 Å². The zero-order valence-corrected chi connectivity index (χ0v) is 12.0. The molecule has 2 fully saturated rings. The van der Waals surface area contributed by atoms with Crippen molar-refractivity contribution in [1.82, 2.24) is 5.06 Å². The lowest BCUT2D eigenvalue weighted by Crippen LogP contribution is -2.49. The number of benzene rings is 1. The monoisotopic (exact) mass is 293 g/mol. The molecular formula is C15H16ClNO3. The average molecular weight is 294 g/mol. The molecule has 1 aliphatic carbocycles. The van der Waals surface area contributed by atoms with Gasteiger partial charge in [-0.1, -0.05) is 24.3 Å². The number of hydrogen-bond acceptors (Lipinski definition) is 4. The van der Waals surface area contributed by atoms with Gasteiger partial charge in [-0.25, -0.2) is 4.79 Å². The zero-order chi connectivity index (χ0) is 14.0. The van der Waals surface area contributed by atoms with Gasteiger partial charge in [0.25, 0.3) is 0 Å². The number of hydrogen-bond donors (Lipinski definition) is 0. The number of hydroxylamine groups is 2. The Morgan fingerprint density at radius 3 is 2.90 bits per heavy atom. The maximum absolute atomic E-state index is 12.4. The quantitative estimate of drug-likeness (QED) is 0.588. The van der Waals surface area contributed by atoms with Gasteiger partial charge in [-0.15, -0.1) is 11.6 Å². The minimum absolute atomic E-state index is 0.260. The third kappa shape index (κ3) is 1.37. The number of esters is 1. The molecule has 3 aliphatic rings. The number of carbonyl (C=O) groups excluding carboxylic acids is 1. The van der Waals surface area contributed by atoms with Crippen LogP contribution in [0.4, 0.5) is 0 Å². The molecule has 106 valence electrons. The van der Waals surface area contributed by atoms with Gasteiger partial charge in [-0.3, -0.25) is 4.84 Å². The number of methoxy groups -OCH3 is 1. The summed E-state index contributed by atoms with van der Waals surface area (Å²) in [4.78, 5) is 17.3. The van der Waals surface area contributed by atoms with Crippen molar-refractivity contribution in [2.24, 2.45) is 0 Å². The van der Waals surface area contributed by atoms with E-state index in [-0.39, 0.29) is 12.0 Å². The number of halogens is 1. The van der Waals surface area contributed by atoms with E-state index in [1.54, 1.807) is 0 Å². The molecule has 1 saturated carbocycles. The fraction of sp³-hybridized carbons (Fsp3) is 0.533. The SMILES string of the molecule is COC(=O)[C@@]1(Cl)[C@H]2c3ccccc3CCN2OC12CC2. The minimum atomic E-state index is -1.14. The van der Waals surface area contributed by atoms with Crippen molar-refractivity contribution < 1.29 is 14.4 Å². The van der Waals surface area contributed by atoms with Crippen molar-refractivity contribution in [2.45, 2.75) is 35.8 Å². The van der Waals surface area contributed by atoms with E-state index in [0.717, 1.165) is 31.4 Å². The van der Waals surface area contributed by atoms with Gasteiger partial charge in [0.05, 0.1) is 13.2 Å². The van der Waals surface area contributed by atoms with Crippen LogP contribution in [0, 0.1) is 0 Å². The molecule has 4 nitrogen and oxygen atoms in total. The van der Waals surface area contributed by atoms with Crippen LogP contribution in [0.1, 0.15) is 30.0 Å². The lowest BCUT2D eigenvalue weighted by atomic mass is 9.82. The Morgan fingerprint density at radius 1 is 1.45 bits per heavy atom. The van der Waals surface area contributed by atoms with Crippen LogP contribution < -0.4 is 0 Å². The van der Waals surface area contributed by atoms with Crippen LogP contribution in [0.2, 0.25) is 0 Å². The van der Waals surface area contributed by atoms with Crippen molar-refractivity contribution in [1.29, 1.82) is 0 Å². The lowest BCUT2D eigenvalue weighted by Gasteiger charge is -2.35. The van der Waals surface area contributed by atoms with Crippen LogP contribution in [0.25, 0.3) is 0 Å². The van der Waals surface area contributed by atoms with Gasteiger partial charge in [0.2, 0.25) is 0 Å². The molecule has 1 spiro atoms. The molecule has 2 heterocycles. The van der Waals surface area contributed by atoms with E-state index in [0.29, 0.717) is 0 Å². The molecule has 0 unspecified atom stereocenters. The summed E-state index contributed by atoms with van der Waals surface area (Å²) in [5.74, 6) is -0.388. The zero-order valence-electron chi connectivity index (χ0n) is 11.3. The third-order valence-electron chi connectivity index (χ3n) is 4.76. The molecule has 1 aromatic rings. The Kier molecular flexibility index (Phi) is 2.50. The van der Waals surface area contributed by atoms with Gasteiger partial charge in [-0.05, 0) is 30.4 Å². The van der Waals surface area contributed by atoms with E-state index in [1.807, 2.05) is 23.3 Å². The highest BCUT2D eigenvalue weighted by molar-refractivity contribution is 6.36. The highest BCUT2D eigenvalue weighted by Crippen LogP contribution is 2.64. The van der Waals surface area contributed by atoms with Gasteiger partial charge in [0.15, 0.2) is 4.87 Å². The molecule has 2 aliphatic heterocycles. The molecule has 2 atom stereocenters. The summed E-state index contributed by atoms with van der Waals surface area (Å²) in [6, 6.07) is 7.87. The normalized spacial score (nSPS) is 33.6. The summed E-state index contributed by atoms with van der Waals surface area (Å²) < 4.78 is 5.00. The Hall–Kier alpha value is -1.10. The first-order chi connectivity index (χ1) is 9.62. The molecule has 0 bridgehead atoms. The van der Waals surface area contributed by atoms with Crippen LogP contribution in [-0.2, 0) is 20.8 Å². The summed E-state index contributed by atoms with van der Waals surface area (Å²) in [7, 11) is 1.39. The molecule has 0 amide bonds. The Bertz CT molecular complexity index is 586. The molecule has 0 radical (unpaired) electrons. The van der Waals surface area contributed by atoms with E-state index in [4.69, 9.17) is 21.2 Å². The summed E-state index contributed by atoms with van der Waals surface area (Å²) in [6.45, 7) is 0.759. The number of ether oxygens (including phenoxy) is 1. The van der Waals surface area contributed by atoms with Gasteiger partial charge >= 0.3 is 5.97 Å². The van der Waals surface area contributed by atoms with Crippen LogP contribution in [-0.4, -0.2) is 35.2 Å². The fourth-order valence-electron chi connectivity index (χ4n) is 3.61. The van der Waals surface area contributed by atoms with Crippen molar-refractivity contribution in [3.8, 4) is 0 Å². The first-order valence-electron chi connectivity index (χ1n) is 6.93. The Balaban J connectivity index is 1.88. The van der Waals surface area contributed by atoms with Crippen molar-refractivity contribution in [2.75, 3.05) is 13.7 Å². The first-order valence-corrected chi connectivity index (χ1v) is 7.31. The molecule has 0 N–H and O–H groups in total. The maximum Gasteiger partial charge on any atom is 0.332 e. The predicted molar refractivity (Wildman–Crippen MR) is 73.2 cm³/mol. The van der Waals surface area contributed by atoms with Crippen LogP contribution >= 0.6 is 11.6 Å². The molecule has 5 heteroatoms. The van der Waals surface area contributed by atoms with E-state index in [9.17, 15) is 4.79 Å². The van der Waals surface area contributed by atoms with Crippen LogP contribution in [0.15, 0.2) is 24.3 Å². The topological polar surface area (TPSA) is 38.8 Å². The Morgan fingerprint density at radius 2 is 2.20 bits per heavy atom. The summed E-state index contributed by atoms with van der Waals surface area (Å²) >= 11 is 6.84. The van der Waals surface area contributed by atoms with Gasteiger partial charge in [-0.2, -0.15) is 5.06 Å². The smallest absolute Gasteiger partial charge is 0.332 e. The van der Waals surface area contributed by atoms with Crippen molar-refractivity contribution in [3.05, 3.63) is 35.4 Å². The van der Waals surface area contributed by atoms with Crippen LogP contribution in [0.5, 0.6) is 0 Å². The predicted octanol–water partition coefficient (Wildman–Crippen LogP) is 2.21. The van der Waals surface area contributed by atoms with Gasteiger partial charge in [0.1, 0.15) is 5.60 Å². The van der Waals surface area contributed by atoms with Gasteiger partial charge < -0.3 is 4.74 Å². The van der Waals surface area contributed by atoms with Gasteiger partial charge in [0, 0.05) is 6.54 Å². The maximum atomic E-state index is 12.4. The minimum Gasteiger partial charge on any atom is -0.468 e. The summed E-state index contributed by atoms with van der Waals surface area (Å²) in [5, 5.41) is 1.89. The fourth-order valence-corrected chi connectivity index (χ4v) is 4.14. The van der Waals surface area contributed by atoms with E-state index >= 15 is 0 Å². The molecule has 1 saturated heterocycles. The number of alkyl halides is 1. The number of rotatable bonds is 1. The number of carbonyl (C=O) groups is 1. The van der Waals surface area contributed by atoms with Crippen molar-refractivity contribution in [3.63, 3.8) is 0 Å². The molecule has 1 aromatic carbocycles. The highest BCUT2D eigenvalue weighted by atomic mass is 35.5. The highest BCUT2D eigenvalue weighted by Gasteiger charge is 2.75. The third-order valence-corrected chi connectivity index (χ3v) is 5.46.